The average molecular weight is 312 g/mol. The van der Waals surface area contributed by atoms with Gasteiger partial charge in [0.1, 0.15) is 5.75 Å². The maximum absolute atomic E-state index is 12.7. The van der Waals surface area contributed by atoms with Crippen LogP contribution in [0.25, 0.3) is 0 Å². The number of carbonyl (C=O) groups is 1. The lowest BCUT2D eigenvalue weighted by atomic mass is 10.0. The molecule has 0 bridgehead atoms. The summed E-state index contributed by atoms with van der Waals surface area (Å²) < 4.78 is 6.04. The van der Waals surface area contributed by atoms with Crippen molar-refractivity contribution in [2.24, 2.45) is 0 Å². The Morgan fingerprint density at radius 2 is 2.09 bits per heavy atom. The van der Waals surface area contributed by atoms with Crippen molar-refractivity contribution in [1.82, 2.24) is 4.90 Å². The molecule has 0 spiro atoms. The fraction of sp³-hybridized carbons (Fsp3) is 0.333. The van der Waals surface area contributed by atoms with Crippen molar-refractivity contribution in [2.75, 3.05) is 13.7 Å². The maximum Gasteiger partial charge on any atom is 0.320 e. The van der Waals surface area contributed by atoms with Crippen LogP contribution < -0.4 is 9.47 Å². The summed E-state index contributed by atoms with van der Waals surface area (Å²) in [5.41, 5.74) is 1.27. The SMILES string of the molecule is COc1ccccc1C[C@H]1CCCN1C(=O)c1cccc[n+]1[O-]. The van der Waals surface area contributed by atoms with Crippen LogP contribution in [-0.2, 0) is 6.42 Å². The number of para-hydroxylation sites is 1. The number of pyridine rings is 1. The van der Waals surface area contributed by atoms with E-state index in [-0.39, 0.29) is 17.6 Å². The minimum absolute atomic E-state index is 0.0963. The van der Waals surface area contributed by atoms with Gasteiger partial charge in [-0.1, -0.05) is 18.2 Å². The summed E-state index contributed by atoms with van der Waals surface area (Å²) in [5.74, 6) is 0.642. The van der Waals surface area contributed by atoms with E-state index in [1.165, 1.54) is 6.20 Å². The van der Waals surface area contributed by atoms with Crippen LogP contribution in [0.4, 0.5) is 0 Å². The van der Waals surface area contributed by atoms with Crippen LogP contribution in [0.1, 0.15) is 28.9 Å². The molecular formula is C18H20N2O3. The number of benzene rings is 1. The molecule has 1 atom stereocenters. The highest BCUT2D eigenvalue weighted by Crippen LogP contribution is 2.26. The Kier molecular flexibility index (Phi) is 4.46. The summed E-state index contributed by atoms with van der Waals surface area (Å²) in [4.78, 5) is 14.5. The minimum atomic E-state index is -0.196. The summed E-state index contributed by atoms with van der Waals surface area (Å²) in [5, 5.41) is 11.8. The van der Waals surface area contributed by atoms with E-state index in [9.17, 15) is 10.0 Å². The molecule has 1 fully saturated rings. The van der Waals surface area contributed by atoms with Gasteiger partial charge in [0, 0.05) is 24.7 Å². The van der Waals surface area contributed by atoms with E-state index in [0.29, 0.717) is 11.3 Å². The number of nitrogens with zero attached hydrogens (tertiary/aromatic N) is 2. The van der Waals surface area contributed by atoms with Gasteiger partial charge in [0.15, 0.2) is 6.20 Å². The van der Waals surface area contributed by atoms with Crippen molar-refractivity contribution in [3.05, 3.63) is 65.1 Å². The van der Waals surface area contributed by atoms with Crippen LogP contribution in [0, 0.1) is 5.21 Å². The van der Waals surface area contributed by atoms with Crippen LogP contribution in [0.5, 0.6) is 5.75 Å². The maximum atomic E-state index is 12.7. The van der Waals surface area contributed by atoms with E-state index < -0.39 is 0 Å². The van der Waals surface area contributed by atoms with Gasteiger partial charge in [0.25, 0.3) is 5.69 Å². The highest BCUT2D eigenvalue weighted by atomic mass is 16.5. The fourth-order valence-corrected chi connectivity index (χ4v) is 3.18. The molecule has 1 aromatic carbocycles. The van der Waals surface area contributed by atoms with Crippen LogP contribution in [-0.4, -0.2) is 30.5 Å². The Morgan fingerprint density at radius 1 is 1.30 bits per heavy atom. The van der Waals surface area contributed by atoms with Crippen molar-refractivity contribution in [1.29, 1.82) is 0 Å². The quantitative estimate of drug-likeness (QED) is 0.642. The molecule has 1 aromatic heterocycles. The van der Waals surface area contributed by atoms with Crippen molar-refractivity contribution in [2.45, 2.75) is 25.3 Å². The van der Waals surface area contributed by atoms with E-state index in [1.807, 2.05) is 29.2 Å². The molecule has 1 aliphatic rings. The lowest BCUT2D eigenvalue weighted by molar-refractivity contribution is -0.608. The number of amides is 1. The van der Waals surface area contributed by atoms with Gasteiger partial charge in [-0.15, -0.1) is 0 Å². The largest absolute Gasteiger partial charge is 0.618 e. The van der Waals surface area contributed by atoms with E-state index in [0.717, 1.165) is 30.6 Å². The molecule has 2 heterocycles. The first kappa shape index (κ1) is 15.3. The molecule has 1 aliphatic heterocycles. The molecule has 120 valence electrons. The molecule has 0 saturated carbocycles. The Bertz CT molecular complexity index is 702. The smallest absolute Gasteiger partial charge is 0.320 e. The van der Waals surface area contributed by atoms with Crippen LogP contribution in [0.2, 0.25) is 0 Å². The Balaban J connectivity index is 1.80. The third-order valence-corrected chi connectivity index (χ3v) is 4.33. The number of methoxy groups -OCH3 is 1. The Labute approximate surface area is 135 Å². The number of aromatic nitrogens is 1. The number of hydrogen-bond acceptors (Lipinski definition) is 3. The number of ether oxygens (including phenoxy) is 1. The van der Waals surface area contributed by atoms with Gasteiger partial charge in [0.05, 0.1) is 7.11 Å². The zero-order valence-electron chi connectivity index (χ0n) is 13.1. The summed E-state index contributed by atoms with van der Waals surface area (Å²) in [6.07, 6.45) is 3.99. The second kappa shape index (κ2) is 6.69. The molecule has 2 aromatic rings. The van der Waals surface area contributed by atoms with Gasteiger partial charge in [0.2, 0.25) is 0 Å². The topological polar surface area (TPSA) is 56.5 Å². The van der Waals surface area contributed by atoms with Crippen LogP contribution in [0.15, 0.2) is 48.7 Å². The first-order valence-corrected chi connectivity index (χ1v) is 7.81. The Morgan fingerprint density at radius 3 is 2.87 bits per heavy atom. The third-order valence-electron chi connectivity index (χ3n) is 4.33. The standard InChI is InChI=1S/C18H20N2O3/c1-23-17-10-3-2-7-14(17)13-15-8-6-11-19(15)18(21)16-9-4-5-12-20(16)22/h2-5,7,9-10,12,15H,6,8,11,13H2,1H3/t15-/m1/s1. The molecule has 3 rings (SSSR count). The number of rotatable bonds is 4. The van der Waals surface area contributed by atoms with E-state index in [2.05, 4.69) is 0 Å². The second-order valence-electron chi connectivity index (χ2n) is 5.72. The normalized spacial score (nSPS) is 17.3. The van der Waals surface area contributed by atoms with Gasteiger partial charge in [-0.25, -0.2) is 0 Å². The predicted molar refractivity (Wildman–Crippen MR) is 86.2 cm³/mol. The average Bonchev–Trinajstić information content (AvgIpc) is 3.03. The summed E-state index contributed by atoms with van der Waals surface area (Å²) >= 11 is 0. The fourth-order valence-electron chi connectivity index (χ4n) is 3.18. The molecular weight excluding hydrogens is 292 g/mol. The van der Waals surface area contributed by atoms with Crippen molar-refractivity contribution < 1.29 is 14.3 Å². The first-order valence-electron chi connectivity index (χ1n) is 7.81. The van der Waals surface area contributed by atoms with Gasteiger partial charge in [-0.2, -0.15) is 4.73 Å². The monoisotopic (exact) mass is 312 g/mol. The first-order chi connectivity index (χ1) is 11.2. The van der Waals surface area contributed by atoms with Gasteiger partial charge >= 0.3 is 5.91 Å². The molecule has 0 aliphatic carbocycles. The van der Waals surface area contributed by atoms with Crippen molar-refractivity contribution >= 4 is 5.91 Å². The lowest BCUT2D eigenvalue weighted by Gasteiger charge is -2.24. The number of hydrogen-bond donors (Lipinski definition) is 0. The highest BCUT2D eigenvalue weighted by Gasteiger charge is 2.33. The molecule has 5 heteroatoms. The zero-order chi connectivity index (χ0) is 16.2. The second-order valence-corrected chi connectivity index (χ2v) is 5.72. The van der Waals surface area contributed by atoms with Gasteiger partial charge < -0.3 is 14.8 Å². The molecule has 0 N–H and O–H groups in total. The number of likely N-dealkylation sites (tertiary alicyclic amines) is 1. The number of carbonyl (C=O) groups excluding carboxylic acids is 1. The Hall–Kier alpha value is -2.56. The third kappa shape index (κ3) is 3.13. The van der Waals surface area contributed by atoms with E-state index >= 15 is 0 Å². The van der Waals surface area contributed by atoms with Crippen LogP contribution in [0.3, 0.4) is 0 Å². The highest BCUT2D eigenvalue weighted by molar-refractivity contribution is 5.91. The predicted octanol–water partition coefficient (Wildman–Crippen LogP) is 2.18. The summed E-state index contributed by atoms with van der Waals surface area (Å²) in [6, 6.07) is 12.9. The molecule has 0 unspecified atom stereocenters. The van der Waals surface area contributed by atoms with Gasteiger partial charge in [-0.3, -0.25) is 4.79 Å². The van der Waals surface area contributed by atoms with Gasteiger partial charge in [-0.05, 0) is 37.0 Å². The van der Waals surface area contributed by atoms with Crippen LogP contribution >= 0.6 is 0 Å². The van der Waals surface area contributed by atoms with Crippen molar-refractivity contribution in [3.63, 3.8) is 0 Å². The van der Waals surface area contributed by atoms with E-state index in [1.54, 1.807) is 25.3 Å². The van der Waals surface area contributed by atoms with E-state index in [4.69, 9.17) is 4.74 Å². The van der Waals surface area contributed by atoms with Crippen molar-refractivity contribution in [3.8, 4) is 5.75 Å². The molecule has 1 saturated heterocycles. The molecule has 0 radical (unpaired) electrons. The summed E-state index contributed by atoms with van der Waals surface area (Å²) in [6.45, 7) is 0.688. The zero-order valence-corrected chi connectivity index (χ0v) is 13.1. The summed E-state index contributed by atoms with van der Waals surface area (Å²) in [7, 11) is 1.65. The lowest BCUT2D eigenvalue weighted by Crippen LogP contribution is -2.44. The molecule has 5 nitrogen and oxygen atoms in total. The minimum Gasteiger partial charge on any atom is -0.618 e. The molecule has 1 amide bonds. The molecule has 23 heavy (non-hydrogen) atoms.